The number of hydrogen-bond acceptors (Lipinski definition) is 3. The minimum absolute atomic E-state index is 0. The Morgan fingerprint density at radius 2 is 1.96 bits per heavy atom. The minimum atomic E-state index is 0. The maximum atomic E-state index is 4.46. The van der Waals surface area contributed by atoms with Gasteiger partial charge in [-0.3, -0.25) is 4.99 Å². The number of thiazole rings is 1. The first-order chi connectivity index (χ1) is 10.6. The Morgan fingerprint density at radius 3 is 2.52 bits per heavy atom. The average Bonchev–Trinajstić information content (AvgIpc) is 2.84. The Morgan fingerprint density at radius 1 is 1.26 bits per heavy atom. The number of halogens is 1. The maximum Gasteiger partial charge on any atom is 0.191 e. The van der Waals surface area contributed by atoms with Crippen molar-refractivity contribution in [2.45, 2.75) is 33.2 Å². The van der Waals surface area contributed by atoms with E-state index in [1.807, 2.05) is 6.07 Å². The van der Waals surface area contributed by atoms with E-state index in [1.165, 1.54) is 10.4 Å². The van der Waals surface area contributed by atoms with Crippen molar-refractivity contribution < 1.29 is 0 Å². The molecule has 126 valence electrons. The summed E-state index contributed by atoms with van der Waals surface area (Å²) in [5.41, 5.74) is 2.39. The van der Waals surface area contributed by atoms with Crippen LogP contribution in [-0.2, 0) is 6.42 Å². The van der Waals surface area contributed by atoms with Crippen molar-refractivity contribution in [1.29, 1.82) is 0 Å². The highest BCUT2D eigenvalue weighted by molar-refractivity contribution is 14.0. The summed E-state index contributed by atoms with van der Waals surface area (Å²) >= 11 is 1.77. The lowest BCUT2D eigenvalue weighted by Crippen LogP contribution is -2.39. The molecule has 0 bridgehead atoms. The predicted molar refractivity (Wildman–Crippen MR) is 110 cm³/mol. The largest absolute Gasteiger partial charge is 0.356 e. The number of rotatable bonds is 5. The van der Waals surface area contributed by atoms with Crippen LogP contribution in [0.25, 0.3) is 0 Å². The smallest absolute Gasteiger partial charge is 0.191 e. The molecule has 1 atom stereocenters. The summed E-state index contributed by atoms with van der Waals surface area (Å²) in [5, 5.41) is 7.92. The zero-order valence-electron chi connectivity index (χ0n) is 14.1. The van der Waals surface area contributed by atoms with E-state index in [-0.39, 0.29) is 30.0 Å². The van der Waals surface area contributed by atoms with Crippen molar-refractivity contribution >= 4 is 41.3 Å². The zero-order chi connectivity index (χ0) is 15.9. The predicted octanol–water partition coefficient (Wildman–Crippen LogP) is 3.85. The van der Waals surface area contributed by atoms with E-state index in [4.69, 9.17) is 0 Å². The van der Waals surface area contributed by atoms with Gasteiger partial charge in [0.2, 0.25) is 0 Å². The van der Waals surface area contributed by atoms with Crippen LogP contribution in [0.4, 0.5) is 0 Å². The average molecular weight is 444 g/mol. The molecule has 1 unspecified atom stereocenters. The Kier molecular flexibility index (Phi) is 8.54. The van der Waals surface area contributed by atoms with Gasteiger partial charge in [-0.2, -0.15) is 0 Å². The zero-order valence-corrected chi connectivity index (χ0v) is 17.2. The molecule has 1 aromatic heterocycles. The second-order valence-electron chi connectivity index (χ2n) is 5.27. The van der Waals surface area contributed by atoms with Gasteiger partial charge in [-0.25, -0.2) is 4.98 Å². The number of aromatic nitrogens is 1. The molecule has 0 amide bonds. The quantitative estimate of drug-likeness (QED) is 0.419. The number of aliphatic imine (C=N–C) groups is 1. The topological polar surface area (TPSA) is 49.3 Å². The van der Waals surface area contributed by atoms with E-state index in [1.54, 1.807) is 18.4 Å². The summed E-state index contributed by atoms with van der Waals surface area (Å²) in [6.45, 7) is 7.11. The second-order valence-corrected chi connectivity index (χ2v) is 6.55. The van der Waals surface area contributed by atoms with Crippen LogP contribution >= 0.6 is 35.3 Å². The van der Waals surface area contributed by atoms with E-state index < -0.39 is 0 Å². The second kappa shape index (κ2) is 9.87. The Labute approximate surface area is 159 Å². The summed E-state index contributed by atoms with van der Waals surface area (Å²) < 4.78 is 0. The molecule has 0 saturated heterocycles. The molecular formula is C17H25IN4S. The fourth-order valence-corrected chi connectivity index (χ4v) is 3.26. The van der Waals surface area contributed by atoms with Crippen LogP contribution in [-0.4, -0.2) is 24.5 Å². The van der Waals surface area contributed by atoms with Gasteiger partial charge in [0.25, 0.3) is 0 Å². The van der Waals surface area contributed by atoms with Gasteiger partial charge in [0, 0.05) is 24.9 Å². The maximum absolute atomic E-state index is 4.46. The Hall–Kier alpha value is -1.15. The van der Waals surface area contributed by atoms with Gasteiger partial charge in [0.05, 0.1) is 16.7 Å². The molecule has 0 aliphatic carbocycles. The van der Waals surface area contributed by atoms with E-state index >= 15 is 0 Å². The lowest BCUT2D eigenvalue weighted by atomic mass is 10.1. The summed E-state index contributed by atoms with van der Waals surface area (Å²) in [7, 11) is 1.80. The summed E-state index contributed by atoms with van der Waals surface area (Å²) in [6.07, 6.45) is 0.970. The normalized spacial score (nSPS) is 12.4. The molecule has 0 spiro atoms. The van der Waals surface area contributed by atoms with Gasteiger partial charge in [-0.1, -0.05) is 30.3 Å². The number of benzene rings is 1. The standard InChI is InChI=1S/C17H24N4S.HI/c1-12(15-8-6-5-7-9-15)21-17(18-4)19-11-10-16-13(2)20-14(3)22-16;/h5-9,12H,10-11H2,1-4H3,(H2,18,19,21);1H. The SMILES string of the molecule is CN=C(NCCc1sc(C)nc1C)NC(C)c1ccccc1.I. The number of guanidine groups is 1. The molecule has 6 heteroatoms. The third-order valence-corrected chi connectivity index (χ3v) is 4.65. The lowest BCUT2D eigenvalue weighted by Gasteiger charge is -2.18. The van der Waals surface area contributed by atoms with Crippen molar-refractivity contribution in [3.8, 4) is 0 Å². The van der Waals surface area contributed by atoms with Crippen molar-refractivity contribution in [1.82, 2.24) is 15.6 Å². The van der Waals surface area contributed by atoms with Gasteiger partial charge in [0.15, 0.2) is 5.96 Å². The lowest BCUT2D eigenvalue weighted by molar-refractivity contribution is 0.684. The molecule has 1 aromatic carbocycles. The van der Waals surface area contributed by atoms with Crippen LogP contribution < -0.4 is 10.6 Å². The number of nitrogens with zero attached hydrogens (tertiary/aromatic N) is 2. The van der Waals surface area contributed by atoms with Crippen molar-refractivity contribution in [3.05, 3.63) is 51.5 Å². The van der Waals surface area contributed by atoms with Crippen LogP contribution in [0.2, 0.25) is 0 Å². The fourth-order valence-electron chi connectivity index (χ4n) is 2.32. The molecule has 2 rings (SSSR count). The van der Waals surface area contributed by atoms with Gasteiger partial charge < -0.3 is 10.6 Å². The number of nitrogens with one attached hydrogen (secondary N) is 2. The minimum Gasteiger partial charge on any atom is -0.356 e. The number of hydrogen-bond donors (Lipinski definition) is 2. The van der Waals surface area contributed by atoms with Gasteiger partial charge >= 0.3 is 0 Å². The Balaban J connectivity index is 0.00000264. The van der Waals surface area contributed by atoms with Gasteiger partial charge in [-0.15, -0.1) is 35.3 Å². The fraction of sp³-hybridized carbons (Fsp3) is 0.412. The molecule has 0 radical (unpaired) electrons. The Bertz CT molecular complexity index is 625. The van der Waals surface area contributed by atoms with Crippen LogP contribution in [0.5, 0.6) is 0 Å². The monoisotopic (exact) mass is 444 g/mol. The van der Waals surface area contributed by atoms with Crippen molar-refractivity contribution in [3.63, 3.8) is 0 Å². The summed E-state index contributed by atoms with van der Waals surface area (Å²) in [4.78, 5) is 10.1. The van der Waals surface area contributed by atoms with Gasteiger partial charge in [0.1, 0.15) is 0 Å². The van der Waals surface area contributed by atoms with E-state index in [0.717, 1.165) is 29.6 Å². The molecule has 23 heavy (non-hydrogen) atoms. The summed E-state index contributed by atoms with van der Waals surface area (Å²) in [5.74, 6) is 0.829. The van der Waals surface area contributed by atoms with Crippen LogP contribution in [0.1, 0.15) is 34.1 Å². The van der Waals surface area contributed by atoms with Crippen molar-refractivity contribution in [2.75, 3.05) is 13.6 Å². The molecule has 0 aliphatic heterocycles. The van der Waals surface area contributed by atoms with Crippen LogP contribution in [0, 0.1) is 13.8 Å². The third kappa shape index (κ3) is 6.10. The molecule has 0 saturated carbocycles. The first kappa shape index (κ1) is 19.9. The van der Waals surface area contributed by atoms with E-state index in [0.29, 0.717) is 0 Å². The first-order valence-electron chi connectivity index (χ1n) is 7.55. The third-order valence-electron chi connectivity index (χ3n) is 3.52. The molecule has 1 heterocycles. The summed E-state index contributed by atoms with van der Waals surface area (Å²) in [6, 6.07) is 10.6. The molecule has 4 nitrogen and oxygen atoms in total. The molecular weight excluding hydrogens is 419 g/mol. The molecule has 2 N–H and O–H groups in total. The highest BCUT2D eigenvalue weighted by atomic mass is 127. The van der Waals surface area contributed by atoms with E-state index in [9.17, 15) is 0 Å². The molecule has 2 aromatic rings. The number of aryl methyl sites for hydroxylation is 2. The van der Waals surface area contributed by atoms with E-state index in [2.05, 4.69) is 65.6 Å². The van der Waals surface area contributed by atoms with Crippen LogP contribution in [0.3, 0.4) is 0 Å². The molecule has 0 fully saturated rings. The first-order valence-corrected chi connectivity index (χ1v) is 8.37. The highest BCUT2D eigenvalue weighted by Crippen LogP contribution is 2.17. The van der Waals surface area contributed by atoms with Crippen molar-refractivity contribution in [2.24, 2.45) is 4.99 Å². The highest BCUT2D eigenvalue weighted by Gasteiger charge is 2.08. The van der Waals surface area contributed by atoms with Crippen LogP contribution in [0.15, 0.2) is 35.3 Å². The molecule has 0 aliphatic rings. The van der Waals surface area contributed by atoms with Gasteiger partial charge in [-0.05, 0) is 26.3 Å².